The highest BCUT2D eigenvalue weighted by Crippen LogP contribution is 2.32. The van der Waals surface area contributed by atoms with Crippen LogP contribution in [0.5, 0.6) is 0 Å². The average molecular weight is 355 g/mol. The Morgan fingerprint density at radius 3 is 2.76 bits per heavy atom. The van der Waals surface area contributed by atoms with Gasteiger partial charge in [0, 0.05) is 30.9 Å². The van der Waals surface area contributed by atoms with Gasteiger partial charge in [0.2, 0.25) is 0 Å². The molecule has 21 heavy (non-hydrogen) atoms. The molecule has 0 amide bonds. The van der Waals surface area contributed by atoms with Gasteiger partial charge in [0.05, 0.1) is 4.47 Å². The highest BCUT2D eigenvalue weighted by atomic mass is 79.9. The third-order valence-corrected chi connectivity index (χ3v) is 5.59. The molecule has 116 valence electrons. The second-order valence-electron chi connectivity index (χ2n) is 6.71. The molecule has 2 unspecified atom stereocenters. The van der Waals surface area contributed by atoms with E-state index < -0.39 is 0 Å². The first kappa shape index (κ1) is 15.3. The summed E-state index contributed by atoms with van der Waals surface area (Å²) in [7, 11) is 0. The molecule has 2 heterocycles. The minimum atomic E-state index is -0.184. The van der Waals surface area contributed by atoms with E-state index in [4.69, 9.17) is 0 Å². The molecule has 1 aromatic carbocycles. The zero-order chi connectivity index (χ0) is 15.0. The molecule has 0 saturated carbocycles. The zero-order valence-corrected chi connectivity index (χ0v) is 14.4. The van der Waals surface area contributed by atoms with Crippen LogP contribution >= 0.6 is 15.9 Å². The Labute approximate surface area is 135 Å². The molecule has 2 aliphatic heterocycles. The number of piperazine rings is 1. The molecule has 2 aliphatic rings. The van der Waals surface area contributed by atoms with Gasteiger partial charge in [-0.05, 0) is 59.4 Å². The van der Waals surface area contributed by atoms with Crippen molar-refractivity contribution in [3.05, 3.63) is 28.5 Å². The molecule has 3 rings (SSSR count). The SMILES string of the molecule is CC(C)C1CN2CCCCC2CN1c1ccc(F)c(Br)c1. The van der Waals surface area contributed by atoms with Crippen LogP contribution in [0.25, 0.3) is 0 Å². The van der Waals surface area contributed by atoms with Gasteiger partial charge >= 0.3 is 0 Å². The minimum absolute atomic E-state index is 0.184. The van der Waals surface area contributed by atoms with Gasteiger partial charge in [-0.3, -0.25) is 4.90 Å². The number of halogens is 2. The highest BCUT2D eigenvalue weighted by Gasteiger charge is 2.36. The van der Waals surface area contributed by atoms with Crippen molar-refractivity contribution in [2.75, 3.05) is 24.5 Å². The van der Waals surface area contributed by atoms with Gasteiger partial charge in [-0.15, -0.1) is 0 Å². The predicted octanol–water partition coefficient (Wildman–Crippen LogP) is 4.29. The Hall–Kier alpha value is -0.610. The Morgan fingerprint density at radius 2 is 2.05 bits per heavy atom. The molecule has 0 N–H and O–H groups in total. The lowest BCUT2D eigenvalue weighted by molar-refractivity contribution is 0.100. The van der Waals surface area contributed by atoms with E-state index in [2.05, 4.69) is 39.6 Å². The summed E-state index contributed by atoms with van der Waals surface area (Å²) in [6.07, 6.45) is 3.97. The Bertz CT molecular complexity index is 506. The Morgan fingerprint density at radius 1 is 1.24 bits per heavy atom. The van der Waals surface area contributed by atoms with Crippen LogP contribution in [0, 0.1) is 11.7 Å². The lowest BCUT2D eigenvalue weighted by Gasteiger charge is -2.50. The Balaban J connectivity index is 1.88. The van der Waals surface area contributed by atoms with Gasteiger partial charge in [0.15, 0.2) is 0 Å². The lowest BCUT2D eigenvalue weighted by atomic mass is 9.91. The second kappa shape index (κ2) is 6.25. The van der Waals surface area contributed by atoms with E-state index in [0.717, 1.165) is 18.8 Å². The van der Waals surface area contributed by atoms with Crippen LogP contribution < -0.4 is 4.90 Å². The summed E-state index contributed by atoms with van der Waals surface area (Å²) >= 11 is 3.33. The first-order valence-electron chi connectivity index (χ1n) is 8.02. The van der Waals surface area contributed by atoms with E-state index in [1.165, 1.54) is 25.8 Å². The highest BCUT2D eigenvalue weighted by molar-refractivity contribution is 9.10. The molecule has 2 fully saturated rings. The number of rotatable bonds is 2. The minimum Gasteiger partial charge on any atom is -0.365 e. The molecule has 2 saturated heterocycles. The number of nitrogens with zero attached hydrogens (tertiary/aromatic N) is 2. The van der Waals surface area contributed by atoms with Crippen molar-refractivity contribution in [2.24, 2.45) is 5.92 Å². The average Bonchev–Trinajstić information content (AvgIpc) is 2.48. The molecule has 0 radical (unpaired) electrons. The van der Waals surface area contributed by atoms with Crippen LogP contribution in [0.4, 0.5) is 10.1 Å². The maximum Gasteiger partial charge on any atom is 0.137 e. The summed E-state index contributed by atoms with van der Waals surface area (Å²) in [5, 5.41) is 0. The normalized spacial score (nSPS) is 27.0. The van der Waals surface area contributed by atoms with Crippen molar-refractivity contribution < 1.29 is 4.39 Å². The molecule has 0 bridgehead atoms. The molecule has 2 nitrogen and oxygen atoms in total. The fourth-order valence-corrected chi connectivity index (χ4v) is 4.11. The van der Waals surface area contributed by atoms with Gasteiger partial charge in [-0.25, -0.2) is 4.39 Å². The molecular weight excluding hydrogens is 331 g/mol. The lowest BCUT2D eigenvalue weighted by Crippen LogP contribution is -2.61. The standard InChI is InChI=1S/C17H24BrFN2/c1-12(2)17-11-20-8-4-3-5-14(20)10-21(17)13-6-7-16(19)15(18)9-13/h6-7,9,12,14,17H,3-5,8,10-11H2,1-2H3. The van der Waals surface area contributed by atoms with Gasteiger partial charge in [-0.1, -0.05) is 20.3 Å². The van der Waals surface area contributed by atoms with Gasteiger partial charge in [-0.2, -0.15) is 0 Å². The summed E-state index contributed by atoms with van der Waals surface area (Å²) < 4.78 is 14.1. The second-order valence-corrected chi connectivity index (χ2v) is 7.56. The summed E-state index contributed by atoms with van der Waals surface area (Å²) in [6, 6.07) is 6.61. The van der Waals surface area contributed by atoms with E-state index in [1.54, 1.807) is 6.07 Å². The van der Waals surface area contributed by atoms with E-state index in [-0.39, 0.29) is 5.82 Å². The molecule has 2 atom stereocenters. The number of piperidine rings is 1. The van der Waals surface area contributed by atoms with Crippen LogP contribution in [0.3, 0.4) is 0 Å². The fraction of sp³-hybridized carbons (Fsp3) is 0.647. The molecule has 1 aromatic rings. The van der Waals surface area contributed by atoms with E-state index in [9.17, 15) is 4.39 Å². The van der Waals surface area contributed by atoms with E-state index >= 15 is 0 Å². The number of hydrogen-bond donors (Lipinski definition) is 0. The van der Waals surface area contributed by atoms with E-state index in [1.807, 2.05) is 12.1 Å². The van der Waals surface area contributed by atoms with Crippen molar-refractivity contribution in [1.82, 2.24) is 4.90 Å². The monoisotopic (exact) mass is 354 g/mol. The zero-order valence-electron chi connectivity index (χ0n) is 12.9. The summed E-state index contributed by atoms with van der Waals surface area (Å²) in [6.45, 7) is 8.04. The molecule has 0 aromatic heterocycles. The quantitative estimate of drug-likeness (QED) is 0.781. The third kappa shape index (κ3) is 3.11. The maximum atomic E-state index is 13.5. The number of hydrogen-bond acceptors (Lipinski definition) is 2. The Kier molecular flexibility index (Phi) is 4.55. The number of anilines is 1. The van der Waals surface area contributed by atoms with Crippen LogP contribution in [-0.4, -0.2) is 36.6 Å². The first-order chi connectivity index (χ1) is 10.1. The smallest absolute Gasteiger partial charge is 0.137 e. The van der Waals surface area contributed by atoms with Gasteiger partial charge in [0.25, 0.3) is 0 Å². The van der Waals surface area contributed by atoms with Crippen LogP contribution in [0.15, 0.2) is 22.7 Å². The number of benzene rings is 1. The predicted molar refractivity (Wildman–Crippen MR) is 89.3 cm³/mol. The van der Waals surface area contributed by atoms with Crippen molar-refractivity contribution in [3.63, 3.8) is 0 Å². The van der Waals surface area contributed by atoms with Gasteiger partial charge in [0.1, 0.15) is 5.82 Å². The largest absolute Gasteiger partial charge is 0.365 e. The molecule has 0 aliphatic carbocycles. The van der Waals surface area contributed by atoms with Gasteiger partial charge < -0.3 is 4.90 Å². The maximum absolute atomic E-state index is 13.5. The van der Waals surface area contributed by atoms with Crippen molar-refractivity contribution in [2.45, 2.75) is 45.2 Å². The first-order valence-corrected chi connectivity index (χ1v) is 8.81. The summed E-state index contributed by atoms with van der Waals surface area (Å²) in [5.74, 6) is 0.410. The number of fused-ring (bicyclic) bond motifs is 1. The summed E-state index contributed by atoms with van der Waals surface area (Å²) in [5.41, 5.74) is 1.15. The molecule has 4 heteroatoms. The van der Waals surface area contributed by atoms with Crippen LogP contribution in [-0.2, 0) is 0 Å². The van der Waals surface area contributed by atoms with Crippen molar-refractivity contribution in [3.8, 4) is 0 Å². The van der Waals surface area contributed by atoms with E-state index in [0.29, 0.717) is 22.5 Å². The van der Waals surface area contributed by atoms with Crippen LogP contribution in [0.2, 0.25) is 0 Å². The van der Waals surface area contributed by atoms with Crippen LogP contribution in [0.1, 0.15) is 33.1 Å². The molecule has 0 spiro atoms. The topological polar surface area (TPSA) is 6.48 Å². The van der Waals surface area contributed by atoms with Crippen molar-refractivity contribution >= 4 is 21.6 Å². The molecular formula is C17H24BrFN2. The van der Waals surface area contributed by atoms with Crippen molar-refractivity contribution in [1.29, 1.82) is 0 Å². The third-order valence-electron chi connectivity index (χ3n) is 4.98. The summed E-state index contributed by atoms with van der Waals surface area (Å²) in [4.78, 5) is 5.17. The fourth-order valence-electron chi connectivity index (χ4n) is 3.74.